The molecule has 0 saturated carbocycles. The summed E-state index contributed by atoms with van der Waals surface area (Å²) in [6, 6.07) is 8.84. The number of carbonyl (C=O) groups excluding carboxylic acids is 1. The fraction of sp³-hybridized carbons (Fsp3) is 0.588. The molecule has 2 aliphatic heterocycles. The molecule has 4 nitrogen and oxygen atoms in total. The molecule has 1 fully saturated rings. The molecule has 0 radical (unpaired) electrons. The summed E-state index contributed by atoms with van der Waals surface area (Å²) in [5, 5.41) is 3.24. The lowest BCUT2D eigenvalue weighted by atomic mass is 10.0. The summed E-state index contributed by atoms with van der Waals surface area (Å²) < 4.78 is 0. The number of likely N-dealkylation sites (tertiary alicyclic amines) is 1. The van der Waals surface area contributed by atoms with Crippen LogP contribution in [0.3, 0.4) is 0 Å². The van der Waals surface area contributed by atoms with Crippen LogP contribution in [0.4, 0.5) is 5.69 Å². The van der Waals surface area contributed by atoms with Gasteiger partial charge in [-0.05, 0) is 50.9 Å². The van der Waals surface area contributed by atoms with Crippen LogP contribution in [0.2, 0.25) is 0 Å². The van der Waals surface area contributed by atoms with Gasteiger partial charge in [0.05, 0.1) is 6.54 Å². The largest absolute Gasteiger partial charge is 0.318 e. The van der Waals surface area contributed by atoms with Crippen molar-refractivity contribution in [1.82, 2.24) is 10.2 Å². The fourth-order valence-corrected chi connectivity index (χ4v) is 3.62. The van der Waals surface area contributed by atoms with Crippen LogP contribution in [-0.2, 0) is 11.2 Å². The third-order valence-corrected chi connectivity index (χ3v) is 4.69. The number of carbonyl (C=O) groups is 1. The molecule has 0 aromatic heterocycles. The number of rotatable bonds is 4. The van der Waals surface area contributed by atoms with Gasteiger partial charge in [0, 0.05) is 24.8 Å². The summed E-state index contributed by atoms with van der Waals surface area (Å²) in [5.41, 5.74) is 2.43. The maximum Gasteiger partial charge on any atom is 0.241 e. The van der Waals surface area contributed by atoms with Crippen molar-refractivity contribution in [3.63, 3.8) is 0 Å². The molecule has 0 spiro atoms. The highest BCUT2D eigenvalue weighted by atomic mass is 35.5. The number of halogens is 1. The number of anilines is 1. The molecule has 22 heavy (non-hydrogen) atoms. The number of benzene rings is 1. The quantitative estimate of drug-likeness (QED) is 0.921. The second kappa shape index (κ2) is 7.95. The van der Waals surface area contributed by atoms with E-state index in [9.17, 15) is 4.79 Å². The molecule has 1 amide bonds. The summed E-state index contributed by atoms with van der Waals surface area (Å²) in [6.07, 6.45) is 4.57. The second-order valence-electron chi connectivity index (χ2n) is 6.10. The number of likely N-dealkylation sites (N-methyl/N-ethyl adjacent to an activating group) is 1. The smallest absolute Gasteiger partial charge is 0.241 e. The van der Waals surface area contributed by atoms with E-state index in [-0.39, 0.29) is 18.3 Å². The average molecular weight is 324 g/mol. The molecule has 5 heteroatoms. The number of hydrogen-bond donors (Lipinski definition) is 1. The third kappa shape index (κ3) is 3.62. The van der Waals surface area contributed by atoms with Gasteiger partial charge in [-0.15, -0.1) is 12.4 Å². The van der Waals surface area contributed by atoms with Gasteiger partial charge in [0.2, 0.25) is 5.91 Å². The summed E-state index contributed by atoms with van der Waals surface area (Å²) >= 11 is 0. The van der Waals surface area contributed by atoms with E-state index in [2.05, 4.69) is 28.4 Å². The van der Waals surface area contributed by atoms with Gasteiger partial charge in [-0.25, -0.2) is 0 Å². The summed E-state index contributed by atoms with van der Waals surface area (Å²) in [4.78, 5) is 17.1. The Kier molecular flexibility index (Phi) is 6.24. The molecule has 0 aliphatic carbocycles. The molecular weight excluding hydrogens is 298 g/mol. The van der Waals surface area contributed by atoms with Gasteiger partial charge in [-0.3, -0.25) is 9.69 Å². The Bertz CT molecular complexity index is 508. The monoisotopic (exact) mass is 323 g/mol. The SMILES string of the molecule is CNCC1CCCN1CC(=O)N1CCCc2ccccc21.Cl. The van der Waals surface area contributed by atoms with E-state index in [1.54, 1.807) is 0 Å². The highest BCUT2D eigenvalue weighted by Crippen LogP contribution is 2.27. The molecule has 1 saturated heterocycles. The zero-order chi connectivity index (χ0) is 14.7. The minimum atomic E-state index is 0. The number of amides is 1. The van der Waals surface area contributed by atoms with Gasteiger partial charge in [-0.1, -0.05) is 18.2 Å². The van der Waals surface area contributed by atoms with Crippen molar-refractivity contribution in [3.8, 4) is 0 Å². The Morgan fingerprint density at radius 1 is 1.27 bits per heavy atom. The van der Waals surface area contributed by atoms with Crippen molar-refractivity contribution in [2.45, 2.75) is 31.7 Å². The van der Waals surface area contributed by atoms with Gasteiger partial charge >= 0.3 is 0 Å². The van der Waals surface area contributed by atoms with Crippen LogP contribution in [-0.4, -0.2) is 50.1 Å². The van der Waals surface area contributed by atoms with E-state index in [4.69, 9.17) is 0 Å². The fourth-order valence-electron chi connectivity index (χ4n) is 3.62. The van der Waals surface area contributed by atoms with Gasteiger partial charge in [0.1, 0.15) is 0 Å². The highest BCUT2D eigenvalue weighted by molar-refractivity contribution is 5.96. The Balaban J connectivity index is 0.00000176. The number of aryl methyl sites for hydroxylation is 1. The average Bonchev–Trinajstić information content (AvgIpc) is 2.94. The first kappa shape index (κ1) is 17.3. The molecule has 1 N–H and O–H groups in total. The Labute approximate surface area is 139 Å². The van der Waals surface area contributed by atoms with Gasteiger partial charge < -0.3 is 10.2 Å². The van der Waals surface area contributed by atoms with Crippen molar-refractivity contribution in [3.05, 3.63) is 29.8 Å². The Morgan fingerprint density at radius 3 is 2.91 bits per heavy atom. The summed E-state index contributed by atoms with van der Waals surface area (Å²) in [7, 11) is 1.99. The van der Waals surface area contributed by atoms with E-state index < -0.39 is 0 Å². The predicted octanol–water partition coefficient (Wildman–Crippen LogP) is 2.07. The second-order valence-corrected chi connectivity index (χ2v) is 6.10. The molecule has 1 aromatic carbocycles. The van der Waals surface area contributed by atoms with Crippen LogP contribution >= 0.6 is 12.4 Å². The first-order valence-electron chi connectivity index (χ1n) is 8.06. The Hall–Kier alpha value is -1.10. The molecular formula is C17H26ClN3O. The standard InChI is InChI=1S/C17H25N3O.ClH/c1-18-12-15-8-5-10-19(15)13-17(21)20-11-4-7-14-6-2-3-9-16(14)20;/h2-3,6,9,15,18H,4-5,7-8,10-13H2,1H3;1H. The molecule has 3 rings (SSSR count). The first-order chi connectivity index (χ1) is 10.3. The van der Waals surface area contributed by atoms with Crippen molar-refractivity contribution < 1.29 is 4.79 Å². The minimum absolute atomic E-state index is 0. The van der Waals surface area contributed by atoms with Crippen molar-refractivity contribution >= 4 is 24.0 Å². The predicted molar refractivity (Wildman–Crippen MR) is 92.9 cm³/mol. The zero-order valence-corrected chi connectivity index (χ0v) is 14.1. The number of hydrogen-bond acceptors (Lipinski definition) is 3. The zero-order valence-electron chi connectivity index (χ0n) is 13.3. The van der Waals surface area contributed by atoms with Crippen molar-refractivity contribution in [2.24, 2.45) is 0 Å². The highest BCUT2D eigenvalue weighted by Gasteiger charge is 2.29. The minimum Gasteiger partial charge on any atom is -0.318 e. The lowest BCUT2D eigenvalue weighted by molar-refractivity contribution is -0.120. The van der Waals surface area contributed by atoms with E-state index in [1.165, 1.54) is 18.4 Å². The molecule has 1 atom stereocenters. The normalized spacial score (nSPS) is 21.3. The number of nitrogens with one attached hydrogen (secondary N) is 1. The maximum absolute atomic E-state index is 12.7. The van der Waals surface area contributed by atoms with Crippen LogP contribution in [0.15, 0.2) is 24.3 Å². The first-order valence-corrected chi connectivity index (χ1v) is 8.06. The summed E-state index contributed by atoms with van der Waals surface area (Å²) in [6.45, 7) is 3.44. The van der Waals surface area contributed by atoms with Crippen LogP contribution < -0.4 is 10.2 Å². The van der Waals surface area contributed by atoms with Crippen LogP contribution in [0.25, 0.3) is 0 Å². The van der Waals surface area contributed by atoms with E-state index >= 15 is 0 Å². The van der Waals surface area contributed by atoms with Gasteiger partial charge in [-0.2, -0.15) is 0 Å². The molecule has 0 bridgehead atoms. The number of nitrogens with zero attached hydrogens (tertiary/aromatic N) is 2. The van der Waals surface area contributed by atoms with Crippen molar-refractivity contribution in [1.29, 1.82) is 0 Å². The van der Waals surface area contributed by atoms with E-state index in [1.807, 2.05) is 18.0 Å². The molecule has 1 unspecified atom stereocenters. The van der Waals surface area contributed by atoms with Crippen molar-refractivity contribution in [2.75, 3.05) is 38.1 Å². The topological polar surface area (TPSA) is 35.6 Å². The van der Waals surface area contributed by atoms with E-state index in [0.29, 0.717) is 12.6 Å². The van der Waals surface area contributed by atoms with Gasteiger partial charge in [0.25, 0.3) is 0 Å². The molecule has 2 heterocycles. The number of para-hydroxylation sites is 1. The lowest BCUT2D eigenvalue weighted by Gasteiger charge is -2.32. The van der Waals surface area contributed by atoms with Crippen LogP contribution in [0.5, 0.6) is 0 Å². The van der Waals surface area contributed by atoms with Crippen LogP contribution in [0, 0.1) is 0 Å². The van der Waals surface area contributed by atoms with Gasteiger partial charge in [0.15, 0.2) is 0 Å². The maximum atomic E-state index is 12.7. The van der Waals surface area contributed by atoms with Crippen LogP contribution in [0.1, 0.15) is 24.8 Å². The molecule has 2 aliphatic rings. The lowest BCUT2D eigenvalue weighted by Crippen LogP contribution is -2.46. The van der Waals surface area contributed by atoms with E-state index in [0.717, 1.165) is 38.2 Å². The Morgan fingerprint density at radius 2 is 2.09 bits per heavy atom. The number of fused-ring (bicyclic) bond motifs is 1. The third-order valence-electron chi connectivity index (χ3n) is 4.69. The molecule has 122 valence electrons. The summed E-state index contributed by atoms with van der Waals surface area (Å²) in [5.74, 6) is 0.255. The molecule has 1 aromatic rings.